The molecule has 142 valence electrons. The van der Waals surface area contributed by atoms with E-state index in [-0.39, 0.29) is 37.0 Å². The van der Waals surface area contributed by atoms with Crippen LogP contribution in [-0.2, 0) is 16.1 Å². The highest BCUT2D eigenvalue weighted by Gasteiger charge is 2.34. The quantitative estimate of drug-likeness (QED) is 0.778. The van der Waals surface area contributed by atoms with Crippen LogP contribution in [0.5, 0.6) is 0 Å². The predicted molar refractivity (Wildman–Crippen MR) is 95.4 cm³/mol. The molecule has 2 fully saturated rings. The number of para-hydroxylation sites is 1. The zero-order valence-corrected chi connectivity index (χ0v) is 15.0. The van der Waals surface area contributed by atoms with Crippen molar-refractivity contribution in [1.82, 2.24) is 35.0 Å². The van der Waals surface area contributed by atoms with E-state index in [0.717, 1.165) is 15.9 Å². The number of carbonyl (C=O) groups is 3. The number of benzene rings is 1. The summed E-state index contributed by atoms with van der Waals surface area (Å²) in [7, 11) is 1.47. The monoisotopic (exact) mass is 371 g/mol. The van der Waals surface area contributed by atoms with Gasteiger partial charge in [-0.3, -0.25) is 19.4 Å². The van der Waals surface area contributed by atoms with E-state index >= 15 is 0 Å². The van der Waals surface area contributed by atoms with Crippen molar-refractivity contribution >= 4 is 28.9 Å². The smallest absolute Gasteiger partial charge is 0.325 e. The maximum absolute atomic E-state index is 12.6. The van der Waals surface area contributed by atoms with Crippen LogP contribution in [0.25, 0.3) is 11.0 Å². The van der Waals surface area contributed by atoms with E-state index in [1.165, 1.54) is 7.05 Å². The maximum atomic E-state index is 12.6. The van der Waals surface area contributed by atoms with Crippen LogP contribution < -0.4 is 5.32 Å². The lowest BCUT2D eigenvalue weighted by Gasteiger charge is -2.41. The fraction of sp³-hybridized carbons (Fsp3) is 0.471. The first-order chi connectivity index (χ1) is 13.0. The van der Waals surface area contributed by atoms with Gasteiger partial charge in [0.05, 0.1) is 18.1 Å². The first kappa shape index (κ1) is 17.4. The van der Waals surface area contributed by atoms with Gasteiger partial charge in [-0.1, -0.05) is 17.3 Å². The topological polar surface area (TPSA) is 104 Å². The molecular formula is C17H21N7O3. The van der Waals surface area contributed by atoms with Gasteiger partial charge in [-0.2, -0.15) is 0 Å². The predicted octanol–water partition coefficient (Wildman–Crippen LogP) is -0.527. The van der Waals surface area contributed by atoms with Crippen molar-refractivity contribution in [1.29, 1.82) is 0 Å². The van der Waals surface area contributed by atoms with E-state index in [1.54, 1.807) is 9.58 Å². The lowest BCUT2D eigenvalue weighted by molar-refractivity contribution is -0.136. The number of aromatic nitrogens is 3. The maximum Gasteiger partial charge on any atom is 0.325 e. The number of hydrogen-bond donors (Lipinski definition) is 1. The van der Waals surface area contributed by atoms with Crippen molar-refractivity contribution in [2.45, 2.75) is 19.1 Å². The highest BCUT2D eigenvalue weighted by atomic mass is 16.2. The van der Waals surface area contributed by atoms with E-state index in [1.807, 2.05) is 29.2 Å². The molecule has 27 heavy (non-hydrogen) atoms. The number of rotatable bonds is 3. The largest absolute Gasteiger partial charge is 0.339 e. The molecule has 4 rings (SSSR count). The Morgan fingerprint density at radius 1 is 1.19 bits per heavy atom. The van der Waals surface area contributed by atoms with Crippen LogP contribution in [0.3, 0.4) is 0 Å². The second kappa shape index (κ2) is 6.95. The zero-order chi connectivity index (χ0) is 19.0. The van der Waals surface area contributed by atoms with Gasteiger partial charge in [0, 0.05) is 33.2 Å². The minimum Gasteiger partial charge on any atom is -0.339 e. The SMILES string of the molecule is CN1C(=O)CC(N2CCN(C(=O)Cn3nnc4ccccc43)CC2)NC1=O. The van der Waals surface area contributed by atoms with Gasteiger partial charge in [-0.15, -0.1) is 5.10 Å². The van der Waals surface area contributed by atoms with Crippen LogP contribution in [0.2, 0.25) is 0 Å². The average Bonchev–Trinajstić information content (AvgIpc) is 3.09. The summed E-state index contributed by atoms with van der Waals surface area (Å²) in [5.74, 6) is -0.214. The number of nitrogens with one attached hydrogen (secondary N) is 1. The molecular weight excluding hydrogens is 350 g/mol. The average molecular weight is 371 g/mol. The third-order valence-corrected chi connectivity index (χ3v) is 5.15. The standard InChI is InChI=1S/C17H21N7O3/c1-21-15(25)10-14(18-17(21)27)22-6-8-23(9-7-22)16(26)11-24-13-5-3-2-4-12(13)19-20-24/h2-5,14H,6-11H2,1H3,(H,18,27). The molecule has 2 saturated heterocycles. The van der Waals surface area contributed by atoms with Gasteiger partial charge >= 0.3 is 6.03 Å². The normalized spacial score (nSPS) is 21.6. The Labute approximate surface area is 155 Å². The number of amides is 4. The van der Waals surface area contributed by atoms with Crippen molar-refractivity contribution in [3.63, 3.8) is 0 Å². The van der Waals surface area contributed by atoms with Crippen LogP contribution in [-0.4, -0.2) is 86.9 Å². The van der Waals surface area contributed by atoms with Gasteiger partial charge in [0.15, 0.2) is 0 Å². The fourth-order valence-corrected chi connectivity index (χ4v) is 3.47. The molecule has 10 heteroatoms. The lowest BCUT2D eigenvalue weighted by atomic mass is 10.2. The van der Waals surface area contributed by atoms with Crippen LogP contribution in [0.1, 0.15) is 6.42 Å². The molecule has 2 aliphatic rings. The number of imide groups is 1. The van der Waals surface area contributed by atoms with Crippen molar-refractivity contribution in [3.8, 4) is 0 Å². The van der Waals surface area contributed by atoms with E-state index in [9.17, 15) is 14.4 Å². The number of urea groups is 1. The van der Waals surface area contributed by atoms with E-state index in [0.29, 0.717) is 26.2 Å². The highest BCUT2D eigenvalue weighted by Crippen LogP contribution is 2.14. The third-order valence-electron chi connectivity index (χ3n) is 5.15. The summed E-state index contributed by atoms with van der Waals surface area (Å²) in [6, 6.07) is 7.14. The molecule has 0 radical (unpaired) electrons. The molecule has 0 saturated carbocycles. The summed E-state index contributed by atoms with van der Waals surface area (Å²) in [6.45, 7) is 2.44. The Morgan fingerprint density at radius 2 is 1.93 bits per heavy atom. The molecule has 0 bridgehead atoms. The Balaban J connectivity index is 1.34. The van der Waals surface area contributed by atoms with Crippen molar-refractivity contribution in [3.05, 3.63) is 24.3 Å². The summed E-state index contributed by atoms with van der Waals surface area (Å²) in [5.41, 5.74) is 1.59. The number of hydrogen-bond acceptors (Lipinski definition) is 6. The Morgan fingerprint density at radius 3 is 2.67 bits per heavy atom. The highest BCUT2D eigenvalue weighted by molar-refractivity contribution is 5.96. The fourth-order valence-electron chi connectivity index (χ4n) is 3.47. The minimum absolute atomic E-state index is 0.0196. The molecule has 0 aliphatic carbocycles. The third kappa shape index (κ3) is 3.35. The summed E-state index contributed by atoms with van der Waals surface area (Å²) in [4.78, 5) is 41.2. The number of piperazine rings is 1. The van der Waals surface area contributed by atoms with Crippen LogP contribution in [0.15, 0.2) is 24.3 Å². The lowest BCUT2D eigenvalue weighted by Crippen LogP contribution is -2.62. The van der Waals surface area contributed by atoms with E-state index < -0.39 is 0 Å². The molecule has 10 nitrogen and oxygen atoms in total. The number of nitrogens with zero attached hydrogens (tertiary/aromatic N) is 6. The molecule has 1 N–H and O–H groups in total. The van der Waals surface area contributed by atoms with E-state index in [2.05, 4.69) is 15.6 Å². The van der Waals surface area contributed by atoms with Gasteiger partial charge in [0.1, 0.15) is 12.1 Å². The zero-order valence-electron chi connectivity index (χ0n) is 15.0. The summed E-state index contributed by atoms with van der Waals surface area (Å²) in [6.07, 6.45) is -0.0566. The molecule has 4 amide bonds. The molecule has 1 aromatic carbocycles. The van der Waals surface area contributed by atoms with Crippen LogP contribution in [0.4, 0.5) is 4.79 Å². The van der Waals surface area contributed by atoms with Crippen molar-refractivity contribution in [2.75, 3.05) is 33.2 Å². The van der Waals surface area contributed by atoms with Crippen LogP contribution >= 0.6 is 0 Å². The molecule has 2 aromatic rings. The Kier molecular flexibility index (Phi) is 4.48. The van der Waals surface area contributed by atoms with E-state index in [4.69, 9.17) is 0 Å². The van der Waals surface area contributed by atoms with Crippen molar-refractivity contribution in [2.24, 2.45) is 0 Å². The summed E-state index contributed by atoms with van der Waals surface area (Å²) >= 11 is 0. The molecule has 1 aromatic heterocycles. The number of fused-ring (bicyclic) bond motifs is 1. The molecule has 1 unspecified atom stereocenters. The molecule has 3 heterocycles. The first-order valence-corrected chi connectivity index (χ1v) is 8.90. The summed E-state index contributed by atoms with van der Waals surface area (Å²) < 4.78 is 1.61. The second-order valence-electron chi connectivity index (χ2n) is 6.77. The second-order valence-corrected chi connectivity index (χ2v) is 6.77. The van der Waals surface area contributed by atoms with Gasteiger partial charge in [0.2, 0.25) is 11.8 Å². The Bertz CT molecular complexity index is 870. The van der Waals surface area contributed by atoms with Gasteiger partial charge in [0.25, 0.3) is 0 Å². The Hall–Kier alpha value is -3.01. The molecule has 2 aliphatic heterocycles. The molecule has 1 atom stereocenters. The summed E-state index contributed by atoms with van der Waals surface area (Å²) in [5, 5.41) is 11.0. The number of carbonyl (C=O) groups excluding carboxylic acids is 3. The van der Waals surface area contributed by atoms with Gasteiger partial charge in [-0.25, -0.2) is 9.48 Å². The van der Waals surface area contributed by atoms with Gasteiger partial charge < -0.3 is 10.2 Å². The van der Waals surface area contributed by atoms with Crippen molar-refractivity contribution < 1.29 is 14.4 Å². The first-order valence-electron chi connectivity index (χ1n) is 8.90. The minimum atomic E-state index is -0.382. The molecule has 0 spiro atoms. The van der Waals surface area contributed by atoms with Gasteiger partial charge in [-0.05, 0) is 12.1 Å². The van der Waals surface area contributed by atoms with Crippen LogP contribution in [0, 0.1) is 0 Å².